The first-order chi connectivity index (χ1) is 13.8. The lowest BCUT2D eigenvalue weighted by Gasteiger charge is -2.17. The van der Waals surface area contributed by atoms with Crippen LogP contribution in [0.4, 0.5) is 5.69 Å². The van der Waals surface area contributed by atoms with Crippen LogP contribution in [0, 0.1) is 0 Å². The Balaban J connectivity index is 1.56. The van der Waals surface area contributed by atoms with E-state index in [-0.39, 0.29) is 17.3 Å². The number of aromatic nitrogens is 4. The van der Waals surface area contributed by atoms with Crippen molar-refractivity contribution in [3.63, 3.8) is 0 Å². The molecule has 1 aromatic carbocycles. The fourth-order valence-corrected chi connectivity index (χ4v) is 4.75. The molecule has 0 fully saturated rings. The maximum absolute atomic E-state index is 12.8. The van der Waals surface area contributed by atoms with Gasteiger partial charge < -0.3 is 4.90 Å². The fourth-order valence-electron chi connectivity index (χ4n) is 3.12. The van der Waals surface area contributed by atoms with Gasteiger partial charge in [-0.15, -0.1) is 11.3 Å². The Hall–Kier alpha value is -2.83. The molecule has 2 aromatic heterocycles. The van der Waals surface area contributed by atoms with Crippen molar-refractivity contribution >= 4 is 33.0 Å². The van der Waals surface area contributed by atoms with E-state index in [1.165, 1.54) is 36.4 Å². The molecule has 0 bridgehead atoms. The molecule has 0 atom stereocenters. The fraction of sp³-hybridized carbons (Fsp3) is 0.294. The zero-order valence-electron chi connectivity index (χ0n) is 15.7. The number of carbonyl (C=O) groups excluding carboxylic acids is 1. The minimum absolute atomic E-state index is 0.186. The molecular formula is C17H18N6O4S2. The number of hydrogen-bond acceptors (Lipinski definition) is 7. The summed E-state index contributed by atoms with van der Waals surface area (Å²) in [6.45, 7) is 0.162. The van der Waals surface area contributed by atoms with Crippen LogP contribution in [0.5, 0.6) is 0 Å². The Kier molecular flexibility index (Phi) is 4.84. The predicted molar refractivity (Wildman–Crippen MR) is 107 cm³/mol. The highest BCUT2D eigenvalue weighted by molar-refractivity contribution is 7.89. The number of hydrogen-bond donors (Lipinski definition) is 0. The normalized spacial score (nSPS) is 13.8. The summed E-state index contributed by atoms with van der Waals surface area (Å²) in [5.74, 6) is -0.313. The monoisotopic (exact) mass is 434 g/mol. The van der Waals surface area contributed by atoms with Crippen molar-refractivity contribution < 1.29 is 13.2 Å². The third-order valence-corrected chi connectivity index (χ3v) is 7.32. The summed E-state index contributed by atoms with van der Waals surface area (Å²) in [5.41, 5.74) is 0.926. The average Bonchev–Trinajstić information content (AvgIpc) is 3.41. The van der Waals surface area contributed by atoms with Crippen LogP contribution >= 0.6 is 11.3 Å². The van der Waals surface area contributed by atoms with Crippen LogP contribution in [-0.2, 0) is 27.8 Å². The highest BCUT2D eigenvalue weighted by Crippen LogP contribution is 2.31. The van der Waals surface area contributed by atoms with Gasteiger partial charge >= 0.3 is 5.69 Å². The third-order valence-electron chi connectivity index (χ3n) is 4.67. The molecule has 1 amide bonds. The second-order valence-electron chi connectivity index (χ2n) is 6.66. The van der Waals surface area contributed by atoms with Gasteiger partial charge in [-0.05, 0) is 58.1 Å². The molecule has 29 heavy (non-hydrogen) atoms. The van der Waals surface area contributed by atoms with E-state index in [0.29, 0.717) is 23.7 Å². The van der Waals surface area contributed by atoms with E-state index < -0.39 is 15.7 Å². The highest BCUT2D eigenvalue weighted by atomic mass is 32.2. The number of sulfonamides is 1. The minimum Gasteiger partial charge on any atom is -0.310 e. The van der Waals surface area contributed by atoms with E-state index in [1.807, 2.05) is 5.38 Å². The van der Waals surface area contributed by atoms with Crippen LogP contribution in [0.1, 0.15) is 5.56 Å². The van der Waals surface area contributed by atoms with Gasteiger partial charge in [-0.2, -0.15) is 9.36 Å². The molecular weight excluding hydrogens is 416 g/mol. The first-order valence-electron chi connectivity index (χ1n) is 8.71. The Morgan fingerprint density at radius 3 is 2.72 bits per heavy atom. The van der Waals surface area contributed by atoms with Crippen molar-refractivity contribution in [2.45, 2.75) is 17.9 Å². The van der Waals surface area contributed by atoms with Gasteiger partial charge in [0.2, 0.25) is 15.9 Å². The summed E-state index contributed by atoms with van der Waals surface area (Å²) < 4.78 is 27.9. The maximum Gasteiger partial charge on any atom is 0.369 e. The van der Waals surface area contributed by atoms with Crippen LogP contribution in [0.3, 0.4) is 0 Å². The van der Waals surface area contributed by atoms with E-state index >= 15 is 0 Å². The van der Waals surface area contributed by atoms with Gasteiger partial charge in [0, 0.05) is 26.3 Å². The van der Waals surface area contributed by atoms with Crippen LogP contribution in [0.2, 0.25) is 0 Å². The molecule has 4 rings (SSSR count). The molecule has 0 aliphatic carbocycles. The van der Waals surface area contributed by atoms with Gasteiger partial charge in [0.1, 0.15) is 11.5 Å². The summed E-state index contributed by atoms with van der Waals surface area (Å²) in [7, 11) is -0.601. The van der Waals surface area contributed by atoms with Crippen LogP contribution < -0.4 is 10.6 Å². The zero-order chi connectivity index (χ0) is 20.8. The standard InChI is InChI=1S/C17H18N6O4S2/c1-20(2)29(26,27)13-5-6-14-12(10-13)7-8-21(14)15(24)11-22-17(25)23(19-18-22)16-4-3-9-28-16/h3-6,9-10H,7-8,11H2,1-2H3. The number of nitrogens with zero attached hydrogens (tertiary/aromatic N) is 6. The molecule has 0 spiro atoms. The summed E-state index contributed by atoms with van der Waals surface area (Å²) in [4.78, 5) is 27.0. The Morgan fingerprint density at radius 2 is 2.03 bits per heavy atom. The largest absolute Gasteiger partial charge is 0.369 e. The quantitative estimate of drug-likeness (QED) is 0.572. The molecule has 1 aliphatic heterocycles. The van der Waals surface area contributed by atoms with Crippen LogP contribution in [-0.4, -0.2) is 59.1 Å². The van der Waals surface area contributed by atoms with Crippen molar-refractivity contribution in [3.8, 4) is 5.00 Å². The van der Waals surface area contributed by atoms with E-state index in [4.69, 9.17) is 0 Å². The average molecular weight is 435 g/mol. The number of benzene rings is 1. The molecule has 0 radical (unpaired) electrons. The Labute approximate surface area is 170 Å². The van der Waals surface area contributed by atoms with Crippen LogP contribution in [0.25, 0.3) is 5.00 Å². The van der Waals surface area contributed by atoms with Gasteiger partial charge in [0.05, 0.1) is 4.90 Å². The Bertz CT molecular complexity index is 1230. The van der Waals surface area contributed by atoms with Crippen molar-refractivity contribution in [1.82, 2.24) is 24.1 Å². The smallest absolute Gasteiger partial charge is 0.310 e. The molecule has 3 heterocycles. The summed E-state index contributed by atoms with van der Waals surface area (Å²) >= 11 is 1.34. The second-order valence-corrected chi connectivity index (χ2v) is 9.73. The lowest BCUT2D eigenvalue weighted by Crippen LogP contribution is -2.36. The van der Waals surface area contributed by atoms with Crippen molar-refractivity contribution in [1.29, 1.82) is 0 Å². The van der Waals surface area contributed by atoms with Crippen molar-refractivity contribution in [2.75, 3.05) is 25.5 Å². The highest BCUT2D eigenvalue weighted by Gasteiger charge is 2.28. The molecule has 3 aromatic rings. The number of anilines is 1. The summed E-state index contributed by atoms with van der Waals surface area (Å²) in [5, 5.41) is 10.1. The summed E-state index contributed by atoms with van der Waals surface area (Å²) in [6.07, 6.45) is 0.536. The maximum atomic E-state index is 12.8. The molecule has 12 heteroatoms. The first-order valence-corrected chi connectivity index (χ1v) is 11.0. The van der Waals surface area contributed by atoms with Gasteiger partial charge in [-0.1, -0.05) is 0 Å². The number of rotatable bonds is 5. The van der Waals surface area contributed by atoms with Gasteiger partial charge in [0.15, 0.2) is 0 Å². The number of tetrazole rings is 1. The molecule has 0 N–H and O–H groups in total. The first kappa shape index (κ1) is 19.5. The molecule has 152 valence electrons. The third kappa shape index (κ3) is 3.39. The predicted octanol–water partition coefficient (Wildman–Crippen LogP) is 0.330. The topological polar surface area (TPSA) is 110 Å². The van der Waals surface area contributed by atoms with Gasteiger partial charge in [-0.25, -0.2) is 17.5 Å². The van der Waals surface area contributed by atoms with E-state index in [2.05, 4.69) is 10.4 Å². The lowest BCUT2D eigenvalue weighted by atomic mass is 10.2. The molecule has 1 aliphatic rings. The van der Waals surface area contributed by atoms with Crippen molar-refractivity contribution in [2.24, 2.45) is 0 Å². The molecule has 10 nitrogen and oxygen atoms in total. The number of carbonyl (C=O) groups is 1. The van der Waals surface area contributed by atoms with E-state index in [9.17, 15) is 18.0 Å². The molecule has 0 saturated carbocycles. The number of amides is 1. The summed E-state index contributed by atoms with van der Waals surface area (Å²) in [6, 6.07) is 8.24. The van der Waals surface area contributed by atoms with Crippen molar-refractivity contribution in [3.05, 3.63) is 51.8 Å². The van der Waals surface area contributed by atoms with Gasteiger partial charge in [0.25, 0.3) is 0 Å². The SMILES string of the molecule is CN(C)S(=O)(=O)c1ccc2c(c1)CCN2C(=O)Cn1nnn(-c2cccs2)c1=O. The molecule has 0 unspecified atom stereocenters. The van der Waals surface area contributed by atoms with E-state index in [0.717, 1.165) is 19.2 Å². The molecule has 0 saturated heterocycles. The number of thiophene rings is 1. The van der Waals surface area contributed by atoms with Crippen LogP contribution in [0.15, 0.2) is 45.4 Å². The number of fused-ring (bicyclic) bond motifs is 1. The van der Waals surface area contributed by atoms with E-state index in [1.54, 1.807) is 24.3 Å². The lowest BCUT2D eigenvalue weighted by molar-refractivity contribution is -0.119. The second kappa shape index (κ2) is 7.21. The van der Waals surface area contributed by atoms with Gasteiger partial charge in [-0.3, -0.25) is 4.79 Å². The zero-order valence-corrected chi connectivity index (χ0v) is 17.4. The minimum atomic E-state index is -3.54. The Morgan fingerprint density at radius 1 is 1.24 bits per heavy atom.